The molecule has 0 aliphatic rings. The second-order valence-electron chi connectivity index (χ2n) is 6.30. The summed E-state index contributed by atoms with van der Waals surface area (Å²) < 4.78 is 30.9. The summed E-state index contributed by atoms with van der Waals surface area (Å²) in [6.07, 6.45) is 1.08. The summed E-state index contributed by atoms with van der Waals surface area (Å²) >= 11 is 0. The number of hydrogen-bond acceptors (Lipinski definition) is 4. The summed E-state index contributed by atoms with van der Waals surface area (Å²) in [5.74, 6) is 0.0984. The number of anilines is 2. The second-order valence-corrected chi connectivity index (χ2v) is 8.16. The van der Waals surface area contributed by atoms with E-state index in [0.29, 0.717) is 17.1 Å². The number of nitrogens with zero attached hydrogens (tertiary/aromatic N) is 1. The van der Waals surface area contributed by atoms with Crippen molar-refractivity contribution in [2.45, 2.75) is 26.8 Å². The van der Waals surface area contributed by atoms with E-state index in [0.717, 1.165) is 21.7 Å². The number of methoxy groups -OCH3 is 1. The van der Waals surface area contributed by atoms with Gasteiger partial charge < -0.3 is 10.1 Å². The van der Waals surface area contributed by atoms with Crippen LogP contribution in [0.15, 0.2) is 42.5 Å². The monoisotopic (exact) mass is 376 g/mol. The lowest BCUT2D eigenvalue weighted by Crippen LogP contribution is -2.45. The molecule has 0 saturated heterocycles. The van der Waals surface area contributed by atoms with Crippen molar-refractivity contribution < 1.29 is 17.9 Å². The predicted molar refractivity (Wildman–Crippen MR) is 104 cm³/mol. The highest BCUT2D eigenvalue weighted by Gasteiger charge is 2.29. The maximum absolute atomic E-state index is 12.7. The van der Waals surface area contributed by atoms with Crippen LogP contribution >= 0.6 is 0 Å². The molecule has 0 spiro atoms. The van der Waals surface area contributed by atoms with Crippen LogP contribution in [0.5, 0.6) is 5.75 Å². The van der Waals surface area contributed by atoms with Gasteiger partial charge in [-0.1, -0.05) is 12.1 Å². The quantitative estimate of drug-likeness (QED) is 0.840. The maximum Gasteiger partial charge on any atom is 0.247 e. The van der Waals surface area contributed by atoms with E-state index in [1.165, 1.54) is 7.11 Å². The molecule has 1 N–H and O–H groups in total. The molecule has 1 amide bonds. The minimum atomic E-state index is -3.68. The number of rotatable bonds is 6. The Labute approximate surface area is 154 Å². The lowest BCUT2D eigenvalue weighted by molar-refractivity contribution is -0.116. The molecule has 26 heavy (non-hydrogen) atoms. The van der Waals surface area contributed by atoms with Crippen molar-refractivity contribution in [3.05, 3.63) is 53.6 Å². The van der Waals surface area contributed by atoms with Crippen molar-refractivity contribution in [2.24, 2.45) is 0 Å². The highest BCUT2D eigenvalue weighted by Crippen LogP contribution is 2.26. The maximum atomic E-state index is 12.7. The van der Waals surface area contributed by atoms with Crippen molar-refractivity contribution >= 4 is 27.3 Å². The zero-order valence-corrected chi connectivity index (χ0v) is 16.4. The Balaban J connectivity index is 2.34. The molecule has 0 saturated carbocycles. The SMILES string of the molecule is COc1cccc(N(C(C)C(=O)Nc2cc(C)cc(C)c2)S(C)(=O)=O)c1. The summed E-state index contributed by atoms with van der Waals surface area (Å²) in [5.41, 5.74) is 3.04. The van der Waals surface area contributed by atoms with Crippen LogP contribution in [-0.4, -0.2) is 33.7 Å². The molecule has 2 aromatic rings. The molecular weight excluding hydrogens is 352 g/mol. The Morgan fingerprint density at radius 1 is 1.12 bits per heavy atom. The van der Waals surface area contributed by atoms with Gasteiger partial charge in [0.05, 0.1) is 19.1 Å². The summed E-state index contributed by atoms with van der Waals surface area (Å²) in [6.45, 7) is 5.43. The zero-order valence-electron chi connectivity index (χ0n) is 15.6. The molecule has 1 atom stereocenters. The minimum Gasteiger partial charge on any atom is -0.497 e. The van der Waals surface area contributed by atoms with E-state index >= 15 is 0 Å². The van der Waals surface area contributed by atoms with Gasteiger partial charge in [0.1, 0.15) is 11.8 Å². The molecule has 0 aromatic heterocycles. The molecule has 0 aliphatic heterocycles. The molecule has 0 radical (unpaired) electrons. The molecule has 6 nitrogen and oxygen atoms in total. The molecular formula is C19H24N2O4S. The van der Waals surface area contributed by atoms with E-state index < -0.39 is 22.0 Å². The molecule has 1 unspecified atom stereocenters. The van der Waals surface area contributed by atoms with Gasteiger partial charge >= 0.3 is 0 Å². The van der Waals surface area contributed by atoms with Gasteiger partial charge in [0.25, 0.3) is 0 Å². The van der Waals surface area contributed by atoms with Crippen molar-refractivity contribution in [1.82, 2.24) is 0 Å². The topological polar surface area (TPSA) is 75.7 Å². The fraction of sp³-hybridized carbons (Fsp3) is 0.316. The van der Waals surface area contributed by atoms with Crippen LogP contribution in [-0.2, 0) is 14.8 Å². The van der Waals surface area contributed by atoms with Gasteiger partial charge in [-0.2, -0.15) is 0 Å². The van der Waals surface area contributed by atoms with Gasteiger partial charge in [0, 0.05) is 11.8 Å². The third-order valence-electron chi connectivity index (χ3n) is 3.89. The van der Waals surface area contributed by atoms with Crippen LogP contribution in [0.3, 0.4) is 0 Å². The van der Waals surface area contributed by atoms with E-state index in [2.05, 4.69) is 5.32 Å². The molecule has 140 valence electrons. The van der Waals surface area contributed by atoms with Crippen molar-refractivity contribution in [1.29, 1.82) is 0 Å². The molecule has 2 rings (SSSR count). The first-order valence-electron chi connectivity index (χ1n) is 8.14. The number of benzene rings is 2. The Hall–Kier alpha value is -2.54. The lowest BCUT2D eigenvalue weighted by atomic mass is 10.1. The van der Waals surface area contributed by atoms with Crippen LogP contribution in [0.2, 0.25) is 0 Å². The van der Waals surface area contributed by atoms with Crippen LogP contribution in [0.1, 0.15) is 18.1 Å². The van der Waals surface area contributed by atoms with E-state index in [1.807, 2.05) is 32.0 Å². The minimum absolute atomic E-state index is 0.370. The fourth-order valence-corrected chi connectivity index (χ4v) is 4.02. The summed E-state index contributed by atoms with van der Waals surface area (Å²) in [7, 11) is -2.18. The number of sulfonamides is 1. The molecule has 0 fully saturated rings. The Kier molecular flexibility index (Phi) is 5.92. The summed E-state index contributed by atoms with van der Waals surface area (Å²) in [4.78, 5) is 12.7. The van der Waals surface area contributed by atoms with Gasteiger partial charge in [-0.3, -0.25) is 9.10 Å². The van der Waals surface area contributed by atoms with Gasteiger partial charge in [0.15, 0.2) is 0 Å². The van der Waals surface area contributed by atoms with Crippen molar-refractivity contribution in [3.8, 4) is 5.75 Å². The Morgan fingerprint density at radius 2 is 1.73 bits per heavy atom. The highest BCUT2D eigenvalue weighted by atomic mass is 32.2. The van der Waals surface area contributed by atoms with Crippen LogP contribution in [0, 0.1) is 13.8 Å². The van der Waals surface area contributed by atoms with E-state index in [1.54, 1.807) is 31.2 Å². The zero-order chi connectivity index (χ0) is 19.5. The lowest BCUT2D eigenvalue weighted by Gasteiger charge is -2.28. The van der Waals surface area contributed by atoms with Crippen LogP contribution in [0.4, 0.5) is 11.4 Å². The van der Waals surface area contributed by atoms with Gasteiger partial charge in [-0.15, -0.1) is 0 Å². The van der Waals surface area contributed by atoms with Gasteiger partial charge in [-0.05, 0) is 56.2 Å². The highest BCUT2D eigenvalue weighted by molar-refractivity contribution is 7.92. The van der Waals surface area contributed by atoms with Gasteiger partial charge in [0.2, 0.25) is 15.9 Å². The molecule has 0 bridgehead atoms. The Bertz CT molecular complexity index is 889. The number of amides is 1. The molecule has 7 heteroatoms. The summed E-state index contributed by atoms with van der Waals surface area (Å²) in [5, 5.41) is 2.80. The smallest absolute Gasteiger partial charge is 0.247 e. The fourth-order valence-electron chi connectivity index (χ4n) is 2.85. The normalized spacial score (nSPS) is 12.3. The molecule has 0 heterocycles. The third kappa shape index (κ3) is 4.76. The van der Waals surface area contributed by atoms with Crippen LogP contribution < -0.4 is 14.4 Å². The van der Waals surface area contributed by atoms with E-state index in [9.17, 15) is 13.2 Å². The first kappa shape index (κ1) is 19.8. The average molecular weight is 376 g/mol. The van der Waals surface area contributed by atoms with Crippen molar-refractivity contribution in [2.75, 3.05) is 23.0 Å². The number of hydrogen-bond donors (Lipinski definition) is 1. The van der Waals surface area contributed by atoms with E-state index in [4.69, 9.17) is 4.74 Å². The Morgan fingerprint density at radius 3 is 2.27 bits per heavy atom. The number of carbonyl (C=O) groups is 1. The number of nitrogens with one attached hydrogen (secondary N) is 1. The molecule has 0 aliphatic carbocycles. The molecule has 2 aromatic carbocycles. The third-order valence-corrected chi connectivity index (χ3v) is 5.13. The number of aryl methyl sites for hydroxylation is 2. The van der Waals surface area contributed by atoms with E-state index in [-0.39, 0.29) is 0 Å². The van der Waals surface area contributed by atoms with Crippen LogP contribution in [0.25, 0.3) is 0 Å². The predicted octanol–water partition coefficient (Wildman–Crippen LogP) is 3.11. The van der Waals surface area contributed by atoms with Crippen molar-refractivity contribution in [3.63, 3.8) is 0 Å². The standard InChI is InChI=1S/C19H24N2O4S/c1-13-9-14(2)11-16(10-13)20-19(22)15(3)21(26(5,23)24)17-7-6-8-18(12-17)25-4/h6-12,15H,1-5H3,(H,20,22). The largest absolute Gasteiger partial charge is 0.497 e. The average Bonchev–Trinajstić information content (AvgIpc) is 2.52. The first-order valence-corrected chi connectivity index (χ1v) is 9.99. The second kappa shape index (κ2) is 7.78. The summed E-state index contributed by atoms with van der Waals surface area (Å²) in [6, 6.07) is 11.4. The number of carbonyl (C=O) groups excluding carboxylic acids is 1. The number of ether oxygens (including phenoxy) is 1. The first-order chi connectivity index (χ1) is 12.1. The van der Waals surface area contributed by atoms with Gasteiger partial charge in [-0.25, -0.2) is 8.42 Å².